The van der Waals surface area contributed by atoms with E-state index in [1.807, 2.05) is 12.1 Å². The van der Waals surface area contributed by atoms with E-state index >= 15 is 0 Å². The van der Waals surface area contributed by atoms with Crippen LogP contribution in [0.3, 0.4) is 0 Å². The number of benzene rings is 1. The summed E-state index contributed by atoms with van der Waals surface area (Å²) in [6.45, 7) is 7.80. The normalized spacial score (nSPS) is 21.2. The van der Waals surface area contributed by atoms with E-state index in [-0.39, 0.29) is 0 Å². The number of nitrogens with zero attached hydrogens (tertiary/aromatic N) is 1. The third kappa shape index (κ3) is 3.40. The minimum absolute atomic E-state index is 0.551. The molecule has 2 rings (SSSR count). The summed E-state index contributed by atoms with van der Waals surface area (Å²) >= 11 is 9.62. The first-order chi connectivity index (χ1) is 8.58. The predicted molar refractivity (Wildman–Crippen MR) is 82.6 cm³/mol. The smallest absolute Gasteiger partial charge is 0.0512 e. The van der Waals surface area contributed by atoms with Crippen LogP contribution in [0.2, 0.25) is 5.02 Å². The van der Waals surface area contributed by atoms with Gasteiger partial charge in [0.1, 0.15) is 0 Å². The molecule has 1 saturated heterocycles. The molecule has 1 fully saturated rings. The molecule has 4 heteroatoms. The van der Waals surface area contributed by atoms with Gasteiger partial charge in [0, 0.05) is 28.6 Å². The molecule has 100 valence electrons. The van der Waals surface area contributed by atoms with Crippen molar-refractivity contribution in [1.29, 1.82) is 0 Å². The lowest BCUT2D eigenvalue weighted by atomic mass is 10.0. The third-order valence-corrected chi connectivity index (χ3v) is 4.35. The summed E-state index contributed by atoms with van der Waals surface area (Å²) in [5, 5.41) is 4.41. The van der Waals surface area contributed by atoms with Crippen LogP contribution in [0, 0.1) is 5.92 Å². The average molecular weight is 332 g/mol. The lowest BCUT2D eigenvalue weighted by Gasteiger charge is -2.29. The SMILES string of the molecule is CC(C)C1CN(c2ccc(Cl)cc2Br)CCCN1. The van der Waals surface area contributed by atoms with Gasteiger partial charge in [-0.05, 0) is 53.0 Å². The standard InChI is InChI=1S/C14H20BrClN2/c1-10(2)13-9-18(7-3-6-17-13)14-5-4-11(16)8-12(14)15/h4-5,8,10,13,17H,3,6-7,9H2,1-2H3. The van der Waals surface area contributed by atoms with Gasteiger partial charge in [-0.2, -0.15) is 0 Å². The van der Waals surface area contributed by atoms with Gasteiger partial charge in [-0.1, -0.05) is 25.4 Å². The maximum atomic E-state index is 6.01. The molecule has 1 aliphatic rings. The second-order valence-electron chi connectivity index (χ2n) is 5.20. The van der Waals surface area contributed by atoms with Crippen molar-refractivity contribution in [3.05, 3.63) is 27.7 Å². The Bertz CT molecular complexity index is 409. The van der Waals surface area contributed by atoms with Gasteiger partial charge >= 0.3 is 0 Å². The van der Waals surface area contributed by atoms with Crippen LogP contribution in [-0.2, 0) is 0 Å². The first-order valence-corrected chi connectivity index (χ1v) is 7.68. The van der Waals surface area contributed by atoms with Crippen molar-refractivity contribution in [3.8, 4) is 0 Å². The monoisotopic (exact) mass is 330 g/mol. The van der Waals surface area contributed by atoms with Gasteiger partial charge in [-0.15, -0.1) is 0 Å². The van der Waals surface area contributed by atoms with Crippen LogP contribution >= 0.6 is 27.5 Å². The molecule has 1 heterocycles. The molecule has 1 aliphatic heterocycles. The third-order valence-electron chi connectivity index (χ3n) is 3.48. The van der Waals surface area contributed by atoms with E-state index in [0.29, 0.717) is 12.0 Å². The average Bonchev–Trinajstić information content (AvgIpc) is 2.54. The molecule has 1 unspecified atom stereocenters. The highest BCUT2D eigenvalue weighted by molar-refractivity contribution is 9.10. The maximum Gasteiger partial charge on any atom is 0.0512 e. The Labute approximate surface area is 123 Å². The predicted octanol–water partition coefficient (Wildman–Crippen LogP) is 3.93. The van der Waals surface area contributed by atoms with Crippen LogP contribution in [0.4, 0.5) is 5.69 Å². The Kier molecular flexibility index (Phi) is 4.93. The van der Waals surface area contributed by atoms with Crippen LogP contribution in [0.15, 0.2) is 22.7 Å². The molecule has 0 amide bonds. The summed E-state index contributed by atoms with van der Waals surface area (Å²) in [4.78, 5) is 2.45. The second-order valence-corrected chi connectivity index (χ2v) is 6.49. The Morgan fingerprint density at radius 1 is 1.44 bits per heavy atom. The molecule has 0 bridgehead atoms. The number of anilines is 1. The molecule has 2 nitrogen and oxygen atoms in total. The summed E-state index contributed by atoms with van der Waals surface area (Å²) < 4.78 is 1.08. The van der Waals surface area contributed by atoms with E-state index in [1.165, 1.54) is 12.1 Å². The van der Waals surface area contributed by atoms with Crippen molar-refractivity contribution in [2.24, 2.45) is 5.92 Å². The van der Waals surface area contributed by atoms with Gasteiger partial charge in [0.15, 0.2) is 0 Å². The Morgan fingerprint density at radius 2 is 2.22 bits per heavy atom. The summed E-state index contributed by atoms with van der Waals surface area (Å²) in [5.41, 5.74) is 1.24. The maximum absolute atomic E-state index is 6.01. The number of rotatable bonds is 2. The van der Waals surface area contributed by atoms with Crippen molar-refractivity contribution in [2.45, 2.75) is 26.3 Å². The number of nitrogens with one attached hydrogen (secondary N) is 1. The number of hydrogen-bond acceptors (Lipinski definition) is 2. The van der Waals surface area contributed by atoms with E-state index in [0.717, 1.165) is 29.1 Å². The Hall–Kier alpha value is -0.250. The fourth-order valence-corrected chi connectivity index (χ4v) is 3.29. The second kappa shape index (κ2) is 6.27. The molecule has 18 heavy (non-hydrogen) atoms. The van der Waals surface area contributed by atoms with Gasteiger partial charge in [0.25, 0.3) is 0 Å². The largest absolute Gasteiger partial charge is 0.369 e. The zero-order valence-corrected chi connectivity index (χ0v) is 13.3. The van der Waals surface area contributed by atoms with Gasteiger partial charge in [0.2, 0.25) is 0 Å². The van der Waals surface area contributed by atoms with E-state index in [1.54, 1.807) is 0 Å². The summed E-state index contributed by atoms with van der Waals surface area (Å²) in [6, 6.07) is 6.59. The zero-order valence-electron chi connectivity index (χ0n) is 10.9. The minimum Gasteiger partial charge on any atom is -0.369 e. The number of halogens is 2. The molecular formula is C14H20BrClN2. The molecule has 1 aromatic carbocycles. The molecule has 1 aromatic rings. The van der Waals surface area contributed by atoms with Crippen LogP contribution < -0.4 is 10.2 Å². The summed E-state index contributed by atoms with van der Waals surface area (Å²) in [7, 11) is 0. The van der Waals surface area contributed by atoms with Crippen LogP contribution in [0.5, 0.6) is 0 Å². The zero-order chi connectivity index (χ0) is 13.1. The summed E-state index contributed by atoms with van der Waals surface area (Å²) in [6.07, 6.45) is 1.18. The topological polar surface area (TPSA) is 15.3 Å². The number of hydrogen-bond donors (Lipinski definition) is 1. The van der Waals surface area contributed by atoms with E-state index in [2.05, 4.69) is 46.1 Å². The molecular weight excluding hydrogens is 312 g/mol. The summed E-state index contributed by atoms with van der Waals surface area (Å²) in [5.74, 6) is 0.650. The molecule has 0 radical (unpaired) electrons. The van der Waals surface area contributed by atoms with Gasteiger partial charge in [-0.3, -0.25) is 0 Å². The van der Waals surface area contributed by atoms with Crippen molar-refractivity contribution >= 4 is 33.2 Å². The Morgan fingerprint density at radius 3 is 2.89 bits per heavy atom. The van der Waals surface area contributed by atoms with Crippen LogP contribution in [0.25, 0.3) is 0 Å². The van der Waals surface area contributed by atoms with Crippen molar-refractivity contribution in [1.82, 2.24) is 5.32 Å². The Balaban J connectivity index is 2.20. The molecule has 0 saturated carbocycles. The van der Waals surface area contributed by atoms with Gasteiger partial charge < -0.3 is 10.2 Å². The van der Waals surface area contributed by atoms with Crippen molar-refractivity contribution in [3.63, 3.8) is 0 Å². The van der Waals surface area contributed by atoms with Crippen LogP contribution in [-0.4, -0.2) is 25.7 Å². The van der Waals surface area contributed by atoms with Gasteiger partial charge in [0.05, 0.1) is 5.69 Å². The lowest BCUT2D eigenvalue weighted by molar-refractivity contribution is 0.420. The van der Waals surface area contributed by atoms with Gasteiger partial charge in [-0.25, -0.2) is 0 Å². The fourth-order valence-electron chi connectivity index (χ4n) is 2.35. The first kappa shape index (κ1) is 14.2. The molecule has 0 aromatic heterocycles. The van der Waals surface area contributed by atoms with E-state index in [9.17, 15) is 0 Å². The van der Waals surface area contributed by atoms with Crippen LogP contribution in [0.1, 0.15) is 20.3 Å². The van der Waals surface area contributed by atoms with Crippen molar-refractivity contribution in [2.75, 3.05) is 24.5 Å². The molecule has 1 N–H and O–H groups in total. The fraction of sp³-hybridized carbons (Fsp3) is 0.571. The highest BCUT2D eigenvalue weighted by atomic mass is 79.9. The molecule has 0 spiro atoms. The molecule has 0 aliphatic carbocycles. The highest BCUT2D eigenvalue weighted by Gasteiger charge is 2.21. The lowest BCUT2D eigenvalue weighted by Crippen LogP contribution is -2.41. The van der Waals surface area contributed by atoms with E-state index < -0.39 is 0 Å². The first-order valence-electron chi connectivity index (χ1n) is 6.51. The highest BCUT2D eigenvalue weighted by Crippen LogP contribution is 2.30. The minimum atomic E-state index is 0.551. The van der Waals surface area contributed by atoms with E-state index in [4.69, 9.17) is 11.6 Å². The van der Waals surface area contributed by atoms with Crippen molar-refractivity contribution < 1.29 is 0 Å². The quantitative estimate of drug-likeness (QED) is 0.883. The molecule has 1 atom stereocenters.